The lowest BCUT2D eigenvalue weighted by Gasteiger charge is -1.98. The molecule has 2 nitrogen and oxygen atoms in total. The maximum atomic E-state index is 10.5. The molecule has 0 heterocycles. The molecule has 0 aromatic carbocycles. The highest BCUT2D eigenvalue weighted by atomic mass is 79.9. The van der Waals surface area contributed by atoms with E-state index in [0.717, 1.165) is 6.42 Å². The van der Waals surface area contributed by atoms with Gasteiger partial charge in [-0.15, -0.1) is 0 Å². The smallest absolute Gasteiger partial charge is 0.344 e. The average molecular weight is 193 g/mol. The molecule has 0 N–H and O–H groups in total. The number of esters is 1. The first-order valence-corrected chi connectivity index (χ1v) is 3.49. The Bertz CT molecular complexity index is 120. The molecule has 9 heavy (non-hydrogen) atoms. The number of carbonyl (C=O) groups is 1. The first-order valence-electron chi connectivity index (χ1n) is 2.70. The van der Waals surface area contributed by atoms with Gasteiger partial charge in [-0.2, -0.15) is 0 Å². The second kappa shape index (κ2) is 4.56. The molecule has 0 saturated heterocycles. The molecule has 0 radical (unpaired) electrons. The van der Waals surface area contributed by atoms with Gasteiger partial charge in [-0.3, -0.25) is 0 Å². The zero-order valence-corrected chi connectivity index (χ0v) is 6.90. The molecule has 0 aliphatic heterocycles. The van der Waals surface area contributed by atoms with Crippen molar-refractivity contribution in [3.63, 3.8) is 0 Å². The van der Waals surface area contributed by atoms with Gasteiger partial charge in [0.1, 0.15) is 0 Å². The van der Waals surface area contributed by atoms with Crippen molar-refractivity contribution in [2.24, 2.45) is 0 Å². The van der Waals surface area contributed by atoms with E-state index in [4.69, 9.17) is 0 Å². The fraction of sp³-hybridized carbons (Fsp3) is 0.500. The number of hydrogen-bond donors (Lipinski definition) is 0. The van der Waals surface area contributed by atoms with Crippen LogP contribution in [-0.2, 0) is 9.53 Å². The van der Waals surface area contributed by atoms with Crippen LogP contribution in [0.25, 0.3) is 0 Å². The molecular formula is C6H9BrO2. The van der Waals surface area contributed by atoms with Crippen LogP contribution >= 0.6 is 15.9 Å². The molecule has 0 rings (SSSR count). The van der Waals surface area contributed by atoms with Crippen LogP contribution in [0.2, 0.25) is 0 Å². The van der Waals surface area contributed by atoms with Crippen LogP contribution in [0.5, 0.6) is 0 Å². The Labute approximate surface area is 63.0 Å². The summed E-state index contributed by atoms with van der Waals surface area (Å²) < 4.78 is 4.94. The topological polar surface area (TPSA) is 26.3 Å². The molecule has 0 aromatic rings. The van der Waals surface area contributed by atoms with E-state index in [-0.39, 0.29) is 10.5 Å². The van der Waals surface area contributed by atoms with Crippen molar-refractivity contribution in [2.45, 2.75) is 13.3 Å². The first-order chi connectivity index (χ1) is 4.18. The van der Waals surface area contributed by atoms with Gasteiger partial charge in [0.15, 0.2) is 0 Å². The SMILES string of the molecule is C=C(Br)C(=O)OCCC. The van der Waals surface area contributed by atoms with Gasteiger partial charge in [0.25, 0.3) is 0 Å². The van der Waals surface area contributed by atoms with Gasteiger partial charge in [-0.05, 0) is 22.4 Å². The number of carbonyl (C=O) groups excluding carboxylic acids is 1. The zero-order valence-electron chi connectivity index (χ0n) is 5.32. The van der Waals surface area contributed by atoms with E-state index in [9.17, 15) is 4.79 Å². The van der Waals surface area contributed by atoms with E-state index >= 15 is 0 Å². The second-order valence-electron chi connectivity index (χ2n) is 1.54. The molecular weight excluding hydrogens is 184 g/mol. The molecule has 0 unspecified atom stereocenters. The summed E-state index contributed by atoms with van der Waals surface area (Å²) >= 11 is 2.90. The maximum Gasteiger partial charge on any atom is 0.344 e. The Balaban J connectivity index is 3.39. The van der Waals surface area contributed by atoms with Crippen LogP contribution in [0.15, 0.2) is 11.1 Å². The Morgan fingerprint density at radius 3 is 2.67 bits per heavy atom. The van der Waals surface area contributed by atoms with E-state index in [0.29, 0.717) is 6.61 Å². The van der Waals surface area contributed by atoms with Crippen molar-refractivity contribution < 1.29 is 9.53 Å². The molecule has 0 fully saturated rings. The summed E-state index contributed by atoms with van der Waals surface area (Å²) in [5.74, 6) is -0.378. The van der Waals surface area contributed by atoms with Crippen molar-refractivity contribution in [1.82, 2.24) is 0 Å². The normalized spacial score (nSPS) is 8.67. The van der Waals surface area contributed by atoms with Crippen LogP contribution in [0.3, 0.4) is 0 Å². The van der Waals surface area contributed by atoms with Crippen LogP contribution in [0.4, 0.5) is 0 Å². The van der Waals surface area contributed by atoms with Crippen LogP contribution in [0.1, 0.15) is 13.3 Å². The lowest BCUT2D eigenvalue weighted by molar-refractivity contribution is -0.138. The summed E-state index contributed by atoms with van der Waals surface area (Å²) in [5, 5.41) is 0. The molecule has 0 bridgehead atoms. The summed E-state index contributed by atoms with van der Waals surface area (Å²) in [6.07, 6.45) is 0.839. The minimum absolute atomic E-state index is 0.274. The van der Waals surface area contributed by atoms with Crippen LogP contribution in [-0.4, -0.2) is 12.6 Å². The predicted octanol–water partition coefficient (Wildman–Crippen LogP) is 1.85. The van der Waals surface area contributed by atoms with Crippen LogP contribution in [0, 0.1) is 0 Å². The molecule has 0 spiro atoms. The molecule has 0 amide bonds. The highest BCUT2D eigenvalue weighted by Gasteiger charge is 2.01. The van der Waals surface area contributed by atoms with Gasteiger partial charge in [0.05, 0.1) is 11.1 Å². The Morgan fingerprint density at radius 2 is 2.33 bits per heavy atom. The van der Waals surface area contributed by atoms with E-state index in [1.54, 1.807) is 0 Å². The highest BCUT2D eigenvalue weighted by Crippen LogP contribution is 2.02. The number of hydrogen-bond acceptors (Lipinski definition) is 2. The number of rotatable bonds is 3. The maximum absolute atomic E-state index is 10.5. The molecule has 0 atom stereocenters. The van der Waals surface area contributed by atoms with E-state index in [1.807, 2.05) is 6.92 Å². The summed E-state index contributed by atoms with van der Waals surface area (Å²) in [6.45, 7) is 5.75. The van der Waals surface area contributed by atoms with Gasteiger partial charge in [-0.25, -0.2) is 4.79 Å². The monoisotopic (exact) mass is 192 g/mol. The average Bonchev–Trinajstić information content (AvgIpc) is 1.82. The fourth-order valence-corrected chi connectivity index (χ4v) is 0.388. The first kappa shape index (κ1) is 8.69. The van der Waals surface area contributed by atoms with E-state index in [2.05, 4.69) is 27.2 Å². The quantitative estimate of drug-likeness (QED) is 0.505. The summed E-state index contributed by atoms with van der Waals surface area (Å²) in [6, 6.07) is 0. The van der Waals surface area contributed by atoms with Crippen molar-refractivity contribution in [3.8, 4) is 0 Å². The molecule has 0 saturated carbocycles. The zero-order chi connectivity index (χ0) is 7.28. The lowest BCUT2D eigenvalue weighted by Crippen LogP contribution is -2.03. The molecule has 3 heteroatoms. The third-order valence-electron chi connectivity index (χ3n) is 0.659. The van der Waals surface area contributed by atoms with Gasteiger partial charge in [0.2, 0.25) is 0 Å². The third-order valence-corrected chi connectivity index (χ3v) is 0.983. The molecule has 0 aromatic heterocycles. The minimum Gasteiger partial charge on any atom is -0.462 e. The number of ether oxygens (including phenoxy) is 1. The van der Waals surface area contributed by atoms with Crippen molar-refractivity contribution >= 4 is 21.9 Å². The standard InChI is InChI=1S/C6H9BrO2/c1-3-4-9-6(8)5(2)7/h2-4H2,1H3. The summed E-state index contributed by atoms with van der Waals surface area (Å²) in [7, 11) is 0. The molecule has 0 aliphatic carbocycles. The second-order valence-corrected chi connectivity index (χ2v) is 2.50. The summed E-state index contributed by atoms with van der Waals surface area (Å²) in [5.41, 5.74) is 0. The largest absolute Gasteiger partial charge is 0.462 e. The van der Waals surface area contributed by atoms with Crippen molar-refractivity contribution in [3.05, 3.63) is 11.1 Å². The van der Waals surface area contributed by atoms with Gasteiger partial charge in [0, 0.05) is 0 Å². The molecule has 0 aliphatic rings. The van der Waals surface area contributed by atoms with Gasteiger partial charge in [-0.1, -0.05) is 13.5 Å². The fourth-order valence-electron chi connectivity index (χ4n) is 0.273. The van der Waals surface area contributed by atoms with Crippen molar-refractivity contribution in [1.29, 1.82) is 0 Å². The lowest BCUT2D eigenvalue weighted by atomic mass is 10.5. The minimum atomic E-state index is -0.378. The highest BCUT2D eigenvalue weighted by molar-refractivity contribution is 9.12. The van der Waals surface area contributed by atoms with Crippen molar-refractivity contribution in [2.75, 3.05) is 6.61 Å². The molecule has 52 valence electrons. The Hall–Kier alpha value is -0.310. The number of halogens is 1. The van der Waals surface area contributed by atoms with Gasteiger partial charge < -0.3 is 4.74 Å². The Morgan fingerprint density at radius 1 is 1.78 bits per heavy atom. The Kier molecular flexibility index (Phi) is 4.40. The third kappa shape index (κ3) is 4.21. The van der Waals surface area contributed by atoms with Gasteiger partial charge >= 0.3 is 5.97 Å². The van der Waals surface area contributed by atoms with E-state index < -0.39 is 0 Å². The summed E-state index contributed by atoms with van der Waals surface area (Å²) in [4.78, 5) is 10.5. The van der Waals surface area contributed by atoms with E-state index in [1.165, 1.54) is 0 Å². The predicted molar refractivity (Wildman–Crippen MR) is 39.3 cm³/mol. The van der Waals surface area contributed by atoms with Crippen LogP contribution < -0.4 is 0 Å².